The molecule has 3 N–H and O–H groups in total. The number of aromatic nitrogens is 1. The summed E-state index contributed by atoms with van der Waals surface area (Å²) in [6.45, 7) is -0.0479. The summed E-state index contributed by atoms with van der Waals surface area (Å²) in [5.41, 5.74) is 4.94. The third-order valence-electron chi connectivity index (χ3n) is 1.86. The van der Waals surface area contributed by atoms with E-state index in [4.69, 9.17) is 22.4 Å². The van der Waals surface area contributed by atoms with Gasteiger partial charge in [0.25, 0.3) is 0 Å². The van der Waals surface area contributed by atoms with Gasteiger partial charge in [-0.25, -0.2) is 9.78 Å². The normalized spacial score (nSPS) is 9.88. The quantitative estimate of drug-likeness (QED) is 0.796. The van der Waals surface area contributed by atoms with Gasteiger partial charge in [0.05, 0.1) is 17.1 Å². The number of rotatable bonds is 4. The number of hydrogen-bond acceptors (Lipinski definition) is 4. The van der Waals surface area contributed by atoms with Crippen LogP contribution in [0.5, 0.6) is 0 Å². The van der Waals surface area contributed by atoms with Crippen molar-refractivity contribution in [2.75, 3.05) is 18.5 Å². The fourth-order valence-electron chi connectivity index (χ4n) is 1.12. The molecule has 86 valence electrons. The maximum absolute atomic E-state index is 10.8. The maximum Gasteiger partial charge on any atom is 0.337 e. The highest BCUT2D eigenvalue weighted by molar-refractivity contribution is 6.33. The van der Waals surface area contributed by atoms with Crippen molar-refractivity contribution in [3.63, 3.8) is 0 Å². The number of halogens is 1. The standard InChI is InChI=1S/C9H10ClN3O3/c1-13(4-7(11)14)8-2-5(9(15)16)6(10)3-12-8/h2-3H,4H2,1H3,(H2,11,14)(H,15,16). The molecule has 1 heterocycles. The molecule has 0 saturated carbocycles. The van der Waals surface area contributed by atoms with Crippen LogP contribution in [0.25, 0.3) is 0 Å². The zero-order chi connectivity index (χ0) is 12.3. The molecule has 6 nitrogen and oxygen atoms in total. The van der Waals surface area contributed by atoms with E-state index in [1.807, 2.05) is 0 Å². The van der Waals surface area contributed by atoms with Crippen molar-refractivity contribution in [1.82, 2.24) is 4.98 Å². The minimum atomic E-state index is -1.15. The lowest BCUT2D eigenvalue weighted by atomic mass is 10.2. The predicted molar refractivity (Wildman–Crippen MR) is 58.7 cm³/mol. The molecule has 1 aromatic rings. The van der Waals surface area contributed by atoms with E-state index in [1.54, 1.807) is 7.05 Å². The molecule has 7 heteroatoms. The van der Waals surface area contributed by atoms with E-state index in [2.05, 4.69) is 4.98 Å². The third-order valence-corrected chi connectivity index (χ3v) is 2.16. The van der Waals surface area contributed by atoms with Crippen molar-refractivity contribution in [1.29, 1.82) is 0 Å². The number of amides is 1. The summed E-state index contributed by atoms with van der Waals surface area (Å²) in [7, 11) is 1.58. The Bertz CT molecular complexity index is 436. The van der Waals surface area contributed by atoms with Gasteiger partial charge in [-0.2, -0.15) is 0 Å². The monoisotopic (exact) mass is 243 g/mol. The van der Waals surface area contributed by atoms with Crippen LogP contribution in [0.3, 0.4) is 0 Å². The number of carbonyl (C=O) groups excluding carboxylic acids is 1. The first-order valence-electron chi connectivity index (χ1n) is 4.30. The number of anilines is 1. The highest BCUT2D eigenvalue weighted by atomic mass is 35.5. The number of primary amides is 1. The van der Waals surface area contributed by atoms with E-state index in [0.29, 0.717) is 5.82 Å². The number of nitrogens with two attached hydrogens (primary N) is 1. The van der Waals surface area contributed by atoms with Gasteiger partial charge in [0, 0.05) is 13.2 Å². The third kappa shape index (κ3) is 2.83. The second-order valence-corrected chi connectivity index (χ2v) is 3.56. The summed E-state index contributed by atoms with van der Waals surface area (Å²) in [6.07, 6.45) is 1.22. The number of aromatic carboxylic acids is 1. The lowest BCUT2D eigenvalue weighted by Crippen LogP contribution is -2.31. The van der Waals surface area contributed by atoms with E-state index in [1.165, 1.54) is 17.2 Å². The Kier molecular flexibility index (Phi) is 3.68. The lowest BCUT2D eigenvalue weighted by Gasteiger charge is -2.16. The molecule has 0 fully saturated rings. The van der Waals surface area contributed by atoms with Crippen molar-refractivity contribution in [3.8, 4) is 0 Å². The fourth-order valence-corrected chi connectivity index (χ4v) is 1.30. The van der Waals surface area contributed by atoms with Crippen LogP contribution in [0.4, 0.5) is 5.82 Å². The van der Waals surface area contributed by atoms with Crippen LogP contribution in [0, 0.1) is 0 Å². The van der Waals surface area contributed by atoms with Gasteiger partial charge in [-0.05, 0) is 6.07 Å². The summed E-state index contributed by atoms with van der Waals surface area (Å²) < 4.78 is 0. The van der Waals surface area contributed by atoms with Crippen LogP contribution in [0.15, 0.2) is 12.3 Å². The highest BCUT2D eigenvalue weighted by Gasteiger charge is 2.13. The number of carboxylic acids is 1. The van der Waals surface area contributed by atoms with Gasteiger partial charge in [-0.1, -0.05) is 11.6 Å². The van der Waals surface area contributed by atoms with E-state index < -0.39 is 11.9 Å². The summed E-state index contributed by atoms with van der Waals surface area (Å²) >= 11 is 5.65. The molecule has 0 bridgehead atoms. The molecule has 0 aromatic carbocycles. The molecule has 1 rings (SSSR count). The number of hydrogen-bond donors (Lipinski definition) is 2. The topological polar surface area (TPSA) is 96.5 Å². The molecule has 0 radical (unpaired) electrons. The number of carboxylic acid groups (broad SMARTS) is 1. The number of pyridine rings is 1. The van der Waals surface area contributed by atoms with Crippen LogP contribution in [-0.4, -0.2) is 35.6 Å². The van der Waals surface area contributed by atoms with E-state index in [9.17, 15) is 9.59 Å². The summed E-state index contributed by atoms with van der Waals surface area (Å²) in [4.78, 5) is 26.8. The van der Waals surface area contributed by atoms with Gasteiger partial charge in [0.2, 0.25) is 5.91 Å². The minimum absolute atomic E-state index is 0.0451. The Labute approximate surface area is 96.6 Å². The molecule has 0 saturated heterocycles. The van der Waals surface area contributed by atoms with Crippen molar-refractivity contribution in [2.24, 2.45) is 5.73 Å². The molecule has 1 aromatic heterocycles. The first-order valence-corrected chi connectivity index (χ1v) is 4.68. The lowest BCUT2D eigenvalue weighted by molar-refractivity contribution is -0.116. The van der Waals surface area contributed by atoms with Crippen LogP contribution in [-0.2, 0) is 4.79 Å². The van der Waals surface area contributed by atoms with Crippen molar-refractivity contribution >= 4 is 29.3 Å². The van der Waals surface area contributed by atoms with Gasteiger partial charge < -0.3 is 15.7 Å². The largest absolute Gasteiger partial charge is 0.478 e. The number of nitrogens with zero attached hydrogens (tertiary/aromatic N) is 2. The SMILES string of the molecule is CN(CC(N)=O)c1cc(C(=O)O)c(Cl)cn1. The van der Waals surface area contributed by atoms with Gasteiger partial charge in [0.15, 0.2) is 0 Å². The summed E-state index contributed by atoms with van der Waals surface area (Å²) in [6, 6.07) is 1.29. The average molecular weight is 244 g/mol. The molecular weight excluding hydrogens is 234 g/mol. The van der Waals surface area contributed by atoms with E-state index >= 15 is 0 Å². The summed E-state index contributed by atoms with van der Waals surface area (Å²) in [5, 5.41) is 8.88. The van der Waals surface area contributed by atoms with Crippen LogP contribution in [0.1, 0.15) is 10.4 Å². The summed E-state index contributed by atoms with van der Waals surface area (Å²) in [5.74, 6) is -1.36. The Hall–Kier alpha value is -1.82. The molecule has 16 heavy (non-hydrogen) atoms. The molecule has 0 unspecified atom stereocenters. The van der Waals surface area contributed by atoms with Crippen LogP contribution in [0.2, 0.25) is 5.02 Å². The first kappa shape index (κ1) is 12.3. The van der Waals surface area contributed by atoms with E-state index in [0.717, 1.165) is 0 Å². The molecule has 0 spiro atoms. The molecule has 0 aliphatic heterocycles. The Balaban J connectivity index is 3.02. The van der Waals surface area contributed by atoms with Crippen molar-refractivity contribution < 1.29 is 14.7 Å². The number of likely N-dealkylation sites (N-methyl/N-ethyl adjacent to an activating group) is 1. The first-order chi connectivity index (χ1) is 7.41. The Morgan fingerprint density at radius 1 is 1.62 bits per heavy atom. The minimum Gasteiger partial charge on any atom is -0.478 e. The highest BCUT2D eigenvalue weighted by Crippen LogP contribution is 2.19. The molecule has 1 amide bonds. The zero-order valence-corrected chi connectivity index (χ0v) is 9.23. The van der Waals surface area contributed by atoms with Gasteiger partial charge in [-0.3, -0.25) is 4.79 Å². The van der Waals surface area contributed by atoms with Crippen molar-refractivity contribution in [3.05, 3.63) is 22.8 Å². The van der Waals surface area contributed by atoms with Gasteiger partial charge in [-0.15, -0.1) is 0 Å². The maximum atomic E-state index is 10.8. The van der Waals surface area contributed by atoms with Gasteiger partial charge in [0.1, 0.15) is 5.82 Å². The van der Waals surface area contributed by atoms with Crippen LogP contribution >= 0.6 is 11.6 Å². The predicted octanol–water partition coefficient (Wildman–Crippen LogP) is 0.355. The molecular formula is C9H10ClN3O3. The molecule has 0 aliphatic carbocycles. The van der Waals surface area contributed by atoms with Crippen LogP contribution < -0.4 is 10.6 Å². The molecule has 0 aliphatic rings. The van der Waals surface area contributed by atoms with E-state index in [-0.39, 0.29) is 17.1 Å². The van der Waals surface area contributed by atoms with Crippen molar-refractivity contribution in [2.45, 2.75) is 0 Å². The molecule has 0 atom stereocenters. The number of carbonyl (C=O) groups is 2. The average Bonchev–Trinajstić information content (AvgIpc) is 2.16. The Morgan fingerprint density at radius 2 is 2.25 bits per heavy atom. The second kappa shape index (κ2) is 4.80. The van der Waals surface area contributed by atoms with Gasteiger partial charge >= 0.3 is 5.97 Å². The fraction of sp³-hybridized carbons (Fsp3) is 0.222. The smallest absolute Gasteiger partial charge is 0.337 e. The Morgan fingerprint density at radius 3 is 2.75 bits per heavy atom. The zero-order valence-electron chi connectivity index (χ0n) is 8.48. The second-order valence-electron chi connectivity index (χ2n) is 3.15.